The van der Waals surface area contributed by atoms with Crippen molar-refractivity contribution in [3.05, 3.63) is 121 Å². The molecule has 1 aromatic heterocycles. The first-order valence-corrected chi connectivity index (χ1v) is 15.9. The Morgan fingerprint density at radius 2 is 1.48 bits per heavy atom. The van der Waals surface area contributed by atoms with E-state index < -0.39 is 9.84 Å². The lowest BCUT2D eigenvalue weighted by atomic mass is 10.2. The highest BCUT2D eigenvalue weighted by molar-refractivity contribution is 8.00. The van der Waals surface area contributed by atoms with Gasteiger partial charge in [0.05, 0.1) is 16.3 Å². The van der Waals surface area contributed by atoms with Crippen LogP contribution in [-0.4, -0.2) is 34.8 Å². The van der Waals surface area contributed by atoms with Gasteiger partial charge in [-0.05, 0) is 55.5 Å². The highest BCUT2D eigenvalue weighted by Crippen LogP contribution is 2.33. The van der Waals surface area contributed by atoms with Crippen LogP contribution in [-0.2, 0) is 20.4 Å². The standard InChI is InChI=1S/C30H26N4O3S3/c1-22-16-18-25(19-17-22)40(36,37)21-28-32-33-30(34(28)23-10-4-2-5-11-23)38-20-29(35)31-26-14-8-9-15-27(26)39-24-12-6-3-7-13-24/h2-19H,20-21H2,1H3,(H,31,35). The third-order valence-corrected chi connectivity index (χ3v) is 9.52. The molecule has 0 saturated heterocycles. The predicted octanol–water partition coefficient (Wildman–Crippen LogP) is 6.43. The van der Waals surface area contributed by atoms with Crippen LogP contribution in [0, 0.1) is 6.92 Å². The number of hydrogen-bond donors (Lipinski definition) is 1. The van der Waals surface area contributed by atoms with Gasteiger partial charge in [0.1, 0.15) is 5.75 Å². The lowest BCUT2D eigenvalue weighted by molar-refractivity contribution is -0.113. The molecule has 0 fully saturated rings. The maximum absolute atomic E-state index is 13.2. The SMILES string of the molecule is Cc1ccc(S(=O)(=O)Cc2nnc(SCC(=O)Nc3ccccc3Sc3ccccc3)n2-c2ccccc2)cc1. The first-order valence-electron chi connectivity index (χ1n) is 12.4. The summed E-state index contributed by atoms with van der Waals surface area (Å²) < 4.78 is 28.1. The minimum atomic E-state index is -3.66. The Bertz CT molecular complexity index is 1710. The van der Waals surface area contributed by atoms with Crippen molar-refractivity contribution in [3.63, 3.8) is 0 Å². The molecule has 0 spiro atoms. The number of aryl methyl sites for hydroxylation is 1. The fraction of sp³-hybridized carbons (Fsp3) is 0.100. The molecule has 0 unspecified atom stereocenters. The molecule has 1 heterocycles. The van der Waals surface area contributed by atoms with Gasteiger partial charge in [0.2, 0.25) is 5.91 Å². The molecule has 202 valence electrons. The Kier molecular flexibility index (Phi) is 8.69. The maximum atomic E-state index is 13.2. The van der Waals surface area contributed by atoms with Gasteiger partial charge in [0, 0.05) is 15.5 Å². The second-order valence-electron chi connectivity index (χ2n) is 8.89. The predicted molar refractivity (Wildman–Crippen MR) is 160 cm³/mol. The average molecular weight is 587 g/mol. The second-order valence-corrected chi connectivity index (χ2v) is 12.9. The largest absolute Gasteiger partial charge is 0.324 e. The van der Waals surface area contributed by atoms with Gasteiger partial charge < -0.3 is 5.32 Å². The smallest absolute Gasteiger partial charge is 0.234 e. The number of carbonyl (C=O) groups is 1. The molecule has 0 bridgehead atoms. The summed E-state index contributed by atoms with van der Waals surface area (Å²) >= 11 is 2.77. The van der Waals surface area contributed by atoms with Crippen LogP contribution < -0.4 is 5.32 Å². The zero-order chi connectivity index (χ0) is 28.0. The van der Waals surface area contributed by atoms with Gasteiger partial charge in [-0.3, -0.25) is 9.36 Å². The maximum Gasteiger partial charge on any atom is 0.234 e. The fourth-order valence-electron chi connectivity index (χ4n) is 3.91. The molecule has 40 heavy (non-hydrogen) atoms. The number of benzene rings is 4. The van der Waals surface area contributed by atoms with Crippen molar-refractivity contribution < 1.29 is 13.2 Å². The summed E-state index contributed by atoms with van der Waals surface area (Å²) in [7, 11) is -3.66. The molecule has 10 heteroatoms. The number of para-hydroxylation sites is 2. The molecule has 1 N–H and O–H groups in total. The molecule has 4 aromatic carbocycles. The highest BCUT2D eigenvalue weighted by atomic mass is 32.2. The molecule has 1 amide bonds. The van der Waals surface area contributed by atoms with E-state index in [-0.39, 0.29) is 28.1 Å². The van der Waals surface area contributed by atoms with Crippen molar-refractivity contribution in [1.29, 1.82) is 0 Å². The molecule has 0 atom stereocenters. The lowest BCUT2D eigenvalue weighted by Gasteiger charge is -2.12. The molecule has 5 aromatic rings. The lowest BCUT2D eigenvalue weighted by Crippen LogP contribution is -2.15. The van der Waals surface area contributed by atoms with Crippen LogP contribution >= 0.6 is 23.5 Å². The quantitative estimate of drug-likeness (QED) is 0.188. The van der Waals surface area contributed by atoms with Crippen molar-refractivity contribution in [2.24, 2.45) is 0 Å². The van der Waals surface area contributed by atoms with Crippen LogP contribution in [0.4, 0.5) is 5.69 Å². The first kappa shape index (κ1) is 27.7. The molecule has 0 aliphatic carbocycles. The summed E-state index contributed by atoms with van der Waals surface area (Å²) in [6, 6.07) is 33.6. The van der Waals surface area contributed by atoms with Gasteiger partial charge in [0.25, 0.3) is 0 Å². The van der Waals surface area contributed by atoms with Gasteiger partial charge in [0.15, 0.2) is 20.8 Å². The zero-order valence-corrected chi connectivity index (χ0v) is 24.0. The Balaban J connectivity index is 1.34. The number of sulfone groups is 1. The Labute approximate surface area is 242 Å². The third-order valence-electron chi connectivity index (χ3n) is 5.88. The van der Waals surface area contributed by atoms with Gasteiger partial charge in [-0.25, -0.2) is 8.42 Å². The van der Waals surface area contributed by atoms with E-state index in [4.69, 9.17) is 0 Å². The van der Waals surface area contributed by atoms with Crippen molar-refractivity contribution in [2.45, 2.75) is 32.5 Å². The third kappa shape index (κ3) is 6.82. The van der Waals surface area contributed by atoms with E-state index in [9.17, 15) is 13.2 Å². The number of rotatable bonds is 10. The number of carbonyl (C=O) groups excluding carboxylic acids is 1. The van der Waals surface area contributed by atoms with Crippen LogP contribution in [0.3, 0.4) is 0 Å². The zero-order valence-electron chi connectivity index (χ0n) is 21.6. The summed E-state index contributed by atoms with van der Waals surface area (Å²) in [5.41, 5.74) is 2.41. The molecule has 0 saturated carbocycles. The van der Waals surface area contributed by atoms with Crippen molar-refractivity contribution >= 4 is 45.0 Å². The van der Waals surface area contributed by atoms with E-state index in [2.05, 4.69) is 15.5 Å². The van der Waals surface area contributed by atoms with Crippen molar-refractivity contribution in [3.8, 4) is 5.69 Å². The number of thioether (sulfide) groups is 1. The highest BCUT2D eigenvalue weighted by Gasteiger charge is 2.23. The van der Waals surface area contributed by atoms with Gasteiger partial charge in [-0.15, -0.1) is 10.2 Å². The number of aromatic nitrogens is 3. The second kappa shape index (κ2) is 12.5. The Morgan fingerprint density at radius 1 is 0.825 bits per heavy atom. The molecule has 7 nitrogen and oxygen atoms in total. The Hall–Kier alpha value is -3.86. The molecular formula is C30H26N4O3S3. The molecule has 0 aliphatic heterocycles. The average Bonchev–Trinajstić information content (AvgIpc) is 3.36. The molecule has 0 radical (unpaired) electrons. The number of hydrogen-bond acceptors (Lipinski definition) is 7. The minimum absolute atomic E-state index is 0.0695. The topological polar surface area (TPSA) is 94.0 Å². The number of anilines is 1. The van der Waals surface area contributed by atoms with Crippen molar-refractivity contribution in [1.82, 2.24) is 14.8 Å². The van der Waals surface area contributed by atoms with E-state index in [1.807, 2.05) is 91.9 Å². The van der Waals surface area contributed by atoms with Gasteiger partial charge in [-0.1, -0.05) is 89.8 Å². The summed E-state index contributed by atoms with van der Waals surface area (Å²) in [5, 5.41) is 11.9. The van der Waals surface area contributed by atoms with Crippen LogP contribution in [0.15, 0.2) is 129 Å². The van der Waals surface area contributed by atoms with Crippen LogP contribution in [0.5, 0.6) is 0 Å². The monoisotopic (exact) mass is 586 g/mol. The van der Waals surface area contributed by atoms with Crippen LogP contribution in [0.2, 0.25) is 0 Å². The number of nitrogens with one attached hydrogen (secondary N) is 1. The molecular weight excluding hydrogens is 561 g/mol. The summed E-state index contributed by atoms with van der Waals surface area (Å²) in [6.07, 6.45) is 0. The molecule has 0 aliphatic rings. The fourth-order valence-corrected chi connectivity index (χ4v) is 6.85. The summed E-state index contributed by atoms with van der Waals surface area (Å²) in [6.45, 7) is 1.91. The van der Waals surface area contributed by atoms with Gasteiger partial charge in [-0.2, -0.15) is 0 Å². The van der Waals surface area contributed by atoms with Gasteiger partial charge >= 0.3 is 0 Å². The van der Waals surface area contributed by atoms with E-state index in [1.165, 1.54) is 11.8 Å². The van der Waals surface area contributed by atoms with E-state index in [1.54, 1.807) is 40.6 Å². The van der Waals surface area contributed by atoms with E-state index >= 15 is 0 Å². The number of amides is 1. The van der Waals surface area contributed by atoms with Crippen molar-refractivity contribution in [2.75, 3.05) is 11.1 Å². The normalized spacial score (nSPS) is 11.3. The minimum Gasteiger partial charge on any atom is -0.324 e. The summed E-state index contributed by atoms with van der Waals surface area (Å²) in [5.74, 6) is -0.184. The summed E-state index contributed by atoms with van der Waals surface area (Å²) in [4.78, 5) is 15.2. The van der Waals surface area contributed by atoms with E-state index in [0.29, 0.717) is 10.8 Å². The van der Waals surface area contributed by atoms with Crippen LogP contribution in [0.1, 0.15) is 11.4 Å². The van der Waals surface area contributed by atoms with Crippen LogP contribution in [0.25, 0.3) is 5.69 Å². The number of nitrogens with zero attached hydrogens (tertiary/aromatic N) is 3. The molecule has 5 rings (SSSR count). The Morgan fingerprint density at radius 3 is 2.20 bits per heavy atom. The first-order chi connectivity index (χ1) is 19.4. The van der Waals surface area contributed by atoms with E-state index in [0.717, 1.165) is 21.0 Å².